The number of piperidine rings is 1. The van der Waals surface area contributed by atoms with Crippen LogP contribution in [0.15, 0.2) is 66.3 Å². The zero-order valence-electron chi connectivity index (χ0n) is 16.5. The van der Waals surface area contributed by atoms with Gasteiger partial charge in [0.1, 0.15) is 5.82 Å². The van der Waals surface area contributed by atoms with Crippen molar-refractivity contribution in [1.82, 2.24) is 20.4 Å². The van der Waals surface area contributed by atoms with Crippen LogP contribution in [-0.2, 0) is 6.54 Å². The molecule has 1 aromatic rings. The normalized spacial score (nSPS) is 19.9. The topological polar surface area (TPSA) is 30.5 Å². The molecule has 0 bridgehead atoms. The molecule has 0 amide bonds. The van der Waals surface area contributed by atoms with E-state index in [0.717, 1.165) is 51.1 Å². The second-order valence-corrected chi connectivity index (χ2v) is 7.75. The maximum Gasteiger partial charge on any atom is 0.126 e. The molecule has 3 heterocycles. The van der Waals surface area contributed by atoms with Crippen molar-refractivity contribution in [3.8, 4) is 0 Å². The number of hydrogen-bond donors (Lipinski definition) is 2. The monoisotopic (exact) mass is 380 g/mol. The van der Waals surface area contributed by atoms with Gasteiger partial charge in [-0.05, 0) is 74.4 Å². The molecule has 4 nitrogen and oxygen atoms in total. The standard InChI is InChI=1S/C23H29FN4/c1-18-6-7-19(16-21(18)24)17-26-20-8-12-27(13-9-20)14-15-28-11-3-4-22-23(28)5-2-10-25-22/h2-7,10-11,16,20,25-26H,8-9,12-15,17H2,1H3. The predicted octanol–water partition coefficient (Wildman–Crippen LogP) is 3.40. The highest BCUT2D eigenvalue weighted by molar-refractivity contribution is 5.41. The largest absolute Gasteiger partial charge is 0.360 e. The van der Waals surface area contributed by atoms with Crippen LogP contribution in [0.2, 0.25) is 0 Å². The summed E-state index contributed by atoms with van der Waals surface area (Å²) in [5.41, 5.74) is 4.14. The van der Waals surface area contributed by atoms with E-state index in [1.807, 2.05) is 18.3 Å². The lowest BCUT2D eigenvalue weighted by molar-refractivity contribution is 0.186. The summed E-state index contributed by atoms with van der Waals surface area (Å²) >= 11 is 0. The number of halogens is 1. The van der Waals surface area contributed by atoms with Crippen LogP contribution in [0.5, 0.6) is 0 Å². The fourth-order valence-corrected chi connectivity index (χ4v) is 3.96. The molecule has 0 spiro atoms. The molecule has 148 valence electrons. The van der Waals surface area contributed by atoms with Gasteiger partial charge in [-0.2, -0.15) is 0 Å². The van der Waals surface area contributed by atoms with Crippen molar-refractivity contribution in [3.63, 3.8) is 0 Å². The van der Waals surface area contributed by atoms with Gasteiger partial charge in [-0.3, -0.25) is 0 Å². The summed E-state index contributed by atoms with van der Waals surface area (Å²) in [5.74, 6) is -0.113. The third kappa shape index (κ3) is 4.54. The van der Waals surface area contributed by atoms with Crippen LogP contribution < -0.4 is 10.6 Å². The van der Waals surface area contributed by atoms with Crippen LogP contribution in [0.1, 0.15) is 24.0 Å². The summed E-state index contributed by atoms with van der Waals surface area (Å²) in [4.78, 5) is 4.87. The minimum Gasteiger partial charge on any atom is -0.360 e. The van der Waals surface area contributed by atoms with Crippen LogP contribution in [0.4, 0.5) is 4.39 Å². The molecule has 0 aliphatic carbocycles. The SMILES string of the molecule is Cc1ccc(CNC2CCN(CCN3C=CC=C4NC=CC=C43)CC2)cc1F. The first kappa shape index (κ1) is 19.0. The molecule has 1 saturated heterocycles. The second-order valence-electron chi connectivity index (χ2n) is 7.75. The summed E-state index contributed by atoms with van der Waals surface area (Å²) in [6, 6.07) is 6.04. The van der Waals surface area contributed by atoms with Gasteiger partial charge in [-0.15, -0.1) is 0 Å². The summed E-state index contributed by atoms with van der Waals surface area (Å²) in [6.45, 7) is 6.82. The minimum absolute atomic E-state index is 0.113. The van der Waals surface area contributed by atoms with Crippen LogP contribution >= 0.6 is 0 Å². The number of aryl methyl sites for hydroxylation is 1. The van der Waals surface area contributed by atoms with E-state index in [1.165, 1.54) is 11.4 Å². The van der Waals surface area contributed by atoms with E-state index in [2.05, 4.69) is 50.9 Å². The van der Waals surface area contributed by atoms with Gasteiger partial charge in [-0.25, -0.2) is 4.39 Å². The van der Waals surface area contributed by atoms with Crippen LogP contribution in [0, 0.1) is 12.7 Å². The van der Waals surface area contributed by atoms with Crippen LogP contribution in [0.25, 0.3) is 0 Å². The van der Waals surface area contributed by atoms with Gasteiger partial charge >= 0.3 is 0 Å². The molecule has 4 rings (SSSR count). The number of fused-ring (bicyclic) bond motifs is 1. The van der Waals surface area contributed by atoms with Crippen molar-refractivity contribution in [1.29, 1.82) is 0 Å². The van der Waals surface area contributed by atoms with E-state index in [4.69, 9.17) is 0 Å². The molecule has 5 heteroatoms. The number of dihydropyridines is 1. The number of nitrogens with zero attached hydrogens (tertiary/aromatic N) is 2. The van der Waals surface area contributed by atoms with Crippen LogP contribution in [0.3, 0.4) is 0 Å². The van der Waals surface area contributed by atoms with E-state index in [0.29, 0.717) is 11.6 Å². The zero-order valence-corrected chi connectivity index (χ0v) is 16.5. The molecular formula is C23H29FN4. The Morgan fingerprint density at radius 1 is 1.14 bits per heavy atom. The Bertz CT molecular complexity index is 816. The van der Waals surface area contributed by atoms with E-state index in [9.17, 15) is 4.39 Å². The zero-order chi connectivity index (χ0) is 19.3. The van der Waals surface area contributed by atoms with E-state index in [-0.39, 0.29) is 5.82 Å². The van der Waals surface area contributed by atoms with Crippen molar-refractivity contribution in [3.05, 3.63) is 83.2 Å². The Kier molecular flexibility index (Phi) is 5.93. The second kappa shape index (κ2) is 8.76. The molecule has 0 radical (unpaired) electrons. The quantitative estimate of drug-likeness (QED) is 0.792. The fourth-order valence-electron chi connectivity index (χ4n) is 3.96. The maximum atomic E-state index is 13.7. The van der Waals surface area contributed by atoms with Crippen molar-refractivity contribution >= 4 is 0 Å². The Labute approximate surface area is 167 Å². The number of allylic oxidation sites excluding steroid dienone is 4. The van der Waals surface area contributed by atoms with Gasteiger partial charge in [0.2, 0.25) is 0 Å². The lowest BCUT2D eigenvalue weighted by Gasteiger charge is -2.35. The number of hydrogen-bond acceptors (Lipinski definition) is 4. The number of benzene rings is 1. The summed E-state index contributed by atoms with van der Waals surface area (Å²) in [6.07, 6.45) is 14.8. The highest BCUT2D eigenvalue weighted by atomic mass is 19.1. The Balaban J connectivity index is 1.20. The van der Waals surface area contributed by atoms with Gasteiger partial charge in [0.05, 0.1) is 11.4 Å². The molecule has 0 unspecified atom stereocenters. The van der Waals surface area contributed by atoms with E-state index < -0.39 is 0 Å². The molecular weight excluding hydrogens is 351 g/mol. The highest BCUT2D eigenvalue weighted by Gasteiger charge is 2.21. The van der Waals surface area contributed by atoms with Gasteiger partial charge in [0.15, 0.2) is 0 Å². The minimum atomic E-state index is -0.113. The summed E-state index contributed by atoms with van der Waals surface area (Å²) < 4.78 is 13.7. The van der Waals surface area contributed by atoms with Gasteiger partial charge in [0, 0.05) is 38.1 Å². The van der Waals surface area contributed by atoms with Crippen LogP contribution in [-0.4, -0.2) is 42.0 Å². The first-order chi connectivity index (χ1) is 13.7. The van der Waals surface area contributed by atoms with Crippen molar-refractivity contribution in [2.45, 2.75) is 32.4 Å². The first-order valence-electron chi connectivity index (χ1n) is 10.2. The molecule has 3 aliphatic heterocycles. The number of rotatable bonds is 6. The lowest BCUT2D eigenvalue weighted by atomic mass is 10.0. The molecule has 2 N–H and O–H groups in total. The van der Waals surface area contributed by atoms with E-state index in [1.54, 1.807) is 13.0 Å². The molecule has 3 aliphatic rings. The lowest BCUT2D eigenvalue weighted by Crippen LogP contribution is -2.44. The Hall–Kier alpha value is -2.37. The van der Waals surface area contributed by atoms with Crippen molar-refractivity contribution < 1.29 is 4.39 Å². The summed E-state index contributed by atoms with van der Waals surface area (Å²) in [5, 5.41) is 6.90. The third-order valence-corrected chi connectivity index (χ3v) is 5.78. The molecule has 0 saturated carbocycles. The average Bonchev–Trinajstić information content (AvgIpc) is 2.74. The van der Waals surface area contributed by atoms with E-state index >= 15 is 0 Å². The smallest absolute Gasteiger partial charge is 0.126 e. The van der Waals surface area contributed by atoms with Gasteiger partial charge in [0.25, 0.3) is 0 Å². The number of nitrogens with one attached hydrogen (secondary N) is 2. The maximum absolute atomic E-state index is 13.7. The molecule has 0 aromatic heterocycles. The molecule has 28 heavy (non-hydrogen) atoms. The predicted molar refractivity (Wildman–Crippen MR) is 112 cm³/mol. The van der Waals surface area contributed by atoms with Crippen molar-refractivity contribution in [2.24, 2.45) is 0 Å². The van der Waals surface area contributed by atoms with Gasteiger partial charge in [-0.1, -0.05) is 12.1 Å². The highest BCUT2D eigenvalue weighted by Crippen LogP contribution is 2.21. The Morgan fingerprint density at radius 3 is 2.82 bits per heavy atom. The molecule has 1 aromatic carbocycles. The number of likely N-dealkylation sites (tertiary alicyclic amines) is 1. The first-order valence-corrected chi connectivity index (χ1v) is 10.2. The molecule has 0 atom stereocenters. The van der Waals surface area contributed by atoms with Crippen molar-refractivity contribution in [2.75, 3.05) is 26.2 Å². The Morgan fingerprint density at radius 2 is 2.00 bits per heavy atom. The summed E-state index contributed by atoms with van der Waals surface area (Å²) in [7, 11) is 0. The van der Waals surface area contributed by atoms with Gasteiger partial charge < -0.3 is 20.4 Å². The fraction of sp³-hybridized carbons (Fsp3) is 0.391. The third-order valence-electron chi connectivity index (χ3n) is 5.78. The molecule has 1 fully saturated rings. The average molecular weight is 381 g/mol.